The van der Waals surface area contributed by atoms with Crippen LogP contribution >= 0.6 is 0 Å². The Kier molecular flexibility index (Phi) is 4.71. The number of ether oxygens (including phenoxy) is 2. The van der Waals surface area contributed by atoms with Crippen molar-refractivity contribution in [3.63, 3.8) is 0 Å². The molecule has 140 valence electrons. The van der Waals surface area contributed by atoms with Gasteiger partial charge in [-0.2, -0.15) is 0 Å². The summed E-state index contributed by atoms with van der Waals surface area (Å²) in [6.07, 6.45) is 1.24. The number of imidazole rings is 1. The largest absolute Gasteiger partial charge is 0.497 e. The average molecular weight is 365 g/mol. The van der Waals surface area contributed by atoms with Crippen molar-refractivity contribution in [1.82, 2.24) is 15.3 Å². The van der Waals surface area contributed by atoms with Crippen LogP contribution in [0.1, 0.15) is 17.0 Å². The van der Waals surface area contributed by atoms with Crippen LogP contribution in [0, 0.1) is 12.8 Å². The van der Waals surface area contributed by atoms with Gasteiger partial charge in [0.2, 0.25) is 5.91 Å². The topological polar surface area (TPSA) is 76.2 Å². The van der Waals surface area contributed by atoms with Gasteiger partial charge < -0.3 is 19.8 Å². The van der Waals surface area contributed by atoms with E-state index in [2.05, 4.69) is 15.3 Å². The monoisotopic (exact) mass is 365 g/mol. The summed E-state index contributed by atoms with van der Waals surface area (Å²) in [6.45, 7) is 3.13. The minimum absolute atomic E-state index is 0.0196. The molecule has 27 heavy (non-hydrogen) atoms. The number of nitrogens with zero attached hydrogens (tertiary/aromatic N) is 1. The zero-order valence-electron chi connectivity index (χ0n) is 15.5. The average Bonchev–Trinajstić information content (AvgIpc) is 3.05. The number of hydrogen-bond acceptors (Lipinski definition) is 4. The standard InChI is InChI=1S/C21H23N3O3/c1-13-23-18-6-3-14(8-19(18)24-13)9-21(25)22-11-15-7-16-4-5-17(26-2)10-20(16)27-12-15/h3-6,8,10,15H,7,9,11-12H2,1-2H3,(H,22,25)(H,23,24). The predicted molar refractivity (Wildman–Crippen MR) is 103 cm³/mol. The minimum atomic E-state index is 0.0196. The molecule has 0 spiro atoms. The number of nitrogens with one attached hydrogen (secondary N) is 2. The Morgan fingerprint density at radius 1 is 1.33 bits per heavy atom. The highest BCUT2D eigenvalue weighted by molar-refractivity contribution is 5.81. The first-order chi connectivity index (χ1) is 13.1. The summed E-state index contributed by atoms with van der Waals surface area (Å²) < 4.78 is 11.1. The molecule has 0 saturated heterocycles. The number of aryl methyl sites for hydroxylation is 1. The molecule has 1 aliphatic heterocycles. The molecular weight excluding hydrogens is 342 g/mol. The molecule has 1 unspecified atom stereocenters. The summed E-state index contributed by atoms with van der Waals surface area (Å²) in [6, 6.07) is 11.8. The van der Waals surface area contributed by atoms with Crippen LogP contribution in [0.5, 0.6) is 11.5 Å². The number of aromatic amines is 1. The molecule has 1 amide bonds. The first kappa shape index (κ1) is 17.4. The van der Waals surface area contributed by atoms with Gasteiger partial charge in [-0.05, 0) is 42.7 Å². The molecule has 2 N–H and O–H groups in total. The Morgan fingerprint density at radius 2 is 2.22 bits per heavy atom. The second-order valence-electron chi connectivity index (χ2n) is 7.01. The lowest BCUT2D eigenvalue weighted by Gasteiger charge is -2.25. The zero-order valence-corrected chi connectivity index (χ0v) is 15.5. The van der Waals surface area contributed by atoms with Gasteiger partial charge in [-0.25, -0.2) is 4.98 Å². The van der Waals surface area contributed by atoms with E-state index in [0.29, 0.717) is 19.6 Å². The van der Waals surface area contributed by atoms with Crippen molar-refractivity contribution in [1.29, 1.82) is 0 Å². The molecular formula is C21H23N3O3. The van der Waals surface area contributed by atoms with Crippen LogP contribution in [0.25, 0.3) is 11.0 Å². The van der Waals surface area contributed by atoms with Gasteiger partial charge >= 0.3 is 0 Å². The third-order valence-corrected chi connectivity index (χ3v) is 4.87. The third kappa shape index (κ3) is 3.89. The lowest BCUT2D eigenvalue weighted by molar-refractivity contribution is -0.120. The van der Waals surface area contributed by atoms with E-state index in [1.54, 1.807) is 7.11 Å². The first-order valence-electron chi connectivity index (χ1n) is 9.12. The molecule has 4 rings (SSSR count). The number of carbonyl (C=O) groups excluding carboxylic acids is 1. The quantitative estimate of drug-likeness (QED) is 0.729. The molecule has 6 nitrogen and oxygen atoms in total. The number of rotatable bonds is 5. The van der Waals surface area contributed by atoms with Crippen LogP contribution in [0.4, 0.5) is 0 Å². The van der Waals surface area contributed by atoms with Crippen LogP contribution < -0.4 is 14.8 Å². The van der Waals surface area contributed by atoms with E-state index in [4.69, 9.17) is 9.47 Å². The van der Waals surface area contributed by atoms with Crippen LogP contribution in [0.2, 0.25) is 0 Å². The van der Waals surface area contributed by atoms with Crippen molar-refractivity contribution in [2.75, 3.05) is 20.3 Å². The van der Waals surface area contributed by atoms with E-state index >= 15 is 0 Å². The van der Waals surface area contributed by atoms with Crippen LogP contribution in [0.15, 0.2) is 36.4 Å². The van der Waals surface area contributed by atoms with Crippen molar-refractivity contribution in [3.05, 3.63) is 53.3 Å². The van der Waals surface area contributed by atoms with Gasteiger partial charge in [0.25, 0.3) is 0 Å². The Morgan fingerprint density at radius 3 is 3.07 bits per heavy atom. The van der Waals surface area contributed by atoms with Gasteiger partial charge in [-0.1, -0.05) is 12.1 Å². The number of H-pyrrole nitrogens is 1. The second-order valence-corrected chi connectivity index (χ2v) is 7.01. The molecule has 0 aliphatic carbocycles. The zero-order chi connectivity index (χ0) is 18.8. The normalized spacial score (nSPS) is 15.9. The molecule has 3 aromatic rings. The van der Waals surface area contributed by atoms with Gasteiger partial charge in [-0.3, -0.25) is 4.79 Å². The number of amides is 1. The Bertz CT molecular complexity index is 980. The van der Waals surface area contributed by atoms with Gasteiger partial charge in [0.1, 0.15) is 17.3 Å². The number of fused-ring (bicyclic) bond motifs is 2. The summed E-state index contributed by atoms with van der Waals surface area (Å²) in [5.74, 6) is 2.84. The highest BCUT2D eigenvalue weighted by Crippen LogP contribution is 2.30. The predicted octanol–water partition coefficient (Wildman–Crippen LogP) is 2.79. The molecule has 2 aromatic carbocycles. The molecule has 0 radical (unpaired) electrons. The van der Waals surface area contributed by atoms with Crippen molar-refractivity contribution >= 4 is 16.9 Å². The lowest BCUT2D eigenvalue weighted by atomic mass is 9.96. The van der Waals surface area contributed by atoms with Crippen molar-refractivity contribution in [3.8, 4) is 11.5 Å². The van der Waals surface area contributed by atoms with Crippen LogP contribution in [-0.4, -0.2) is 36.1 Å². The van der Waals surface area contributed by atoms with Gasteiger partial charge in [0, 0.05) is 18.5 Å². The Hall–Kier alpha value is -3.02. The smallest absolute Gasteiger partial charge is 0.224 e. The lowest BCUT2D eigenvalue weighted by Crippen LogP contribution is -2.35. The summed E-state index contributed by atoms with van der Waals surface area (Å²) in [5.41, 5.74) is 4.01. The third-order valence-electron chi connectivity index (χ3n) is 4.87. The van der Waals surface area contributed by atoms with Crippen LogP contribution in [0.3, 0.4) is 0 Å². The summed E-state index contributed by atoms with van der Waals surface area (Å²) in [5, 5.41) is 3.04. The molecule has 1 atom stereocenters. The fraction of sp³-hybridized carbons (Fsp3) is 0.333. The highest BCUT2D eigenvalue weighted by Gasteiger charge is 2.21. The first-order valence-corrected chi connectivity index (χ1v) is 9.12. The molecule has 2 heterocycles. The molecule has 0 fully saturated rings. The molecule has 6 heteroatoms. The fourth-order valence-corrected chi connectivity index (χ4v) is 3.47. The van der Waals surface area contributed by atoms with E-state index in [9.17, 15) is 4.79 Å². The number of benzene rings is 2. The highest BCUT2D eigenvalue weighted by atomic mass is 16.5. The summed E-state index contributed by atoms with van der Waals surface area (Å²) >= 11 is 0. The Labute approximate surface area is 157 Å². The van der Waals surface area contributed by atoms with Crippen molar-refractivity contribution in [2.45, 2.75) is 19.8 Å². The molecule has 1 aromatic heterocycles. The van der Waals surface area contributed by atoms with E-state index < -0.39 is 0 Å². The fourth-order valence-electron chi connectivity index (χ4n) is 3.47. The number of carbonyl (C=O) groups is 1. The maximum Gasteiger partial charge on any atom is 0.224 e. The maximum atomic E-state index is 12.3. The van der Waals surface area contributed by atoms with E-state index in [0.717, 1.165) is 45.9 Å². The molecule has 0 bridgehead atoms. The van der Waals surface area contributed by atoms with Gasteiger partial charge in [0.15, 0.2) is 0 Å². The Balaban J connectivity index is 1.32. The van der Waals surface area contributed by atoms with E-state index in [1.807, 2.05) is 43.3 Å². The number of aromatic nitrogens is 2. The van der Waals surface area contributed by atoms with E-state index in [1.165, 1.54) is 0 Å². The number of hydrogen-bond donors (Lipinski definition) is 2. The van der Waals surface area contributed by atoms with Gasteiger partial charge in [-0.15, -0.1) is 0 Å². The van der Waals surface area contributed by atoms with Gasteiger partial charge in [0.05, 0.1) is 31.2 Å². The SMILES string of the molecule is COc1ccc2c(c1)OCC(CNC(=O)Cc1ccc3nc(C)[nH]c3c1)C2. The van der Waals surface area contributed by atoms with Crippen molar-refractivity contribution in [2.24, 2.45) is 5.92 Å². The molecule has 0 saturated carbocycles. The maximum absolute atomic E-state index is 12.3. The van der Waals surface area contributed by atoms with Crippen molar-refractivity contribution < 1.29 is 14.3 Å². The molecule has 1 aliphatic rings. The summed E-state index contributed by atoms with van der Waals surface area (Å²) in [4.78, 5) is 19.9. The second kappa shape index (κ2) is 7.31. The number of methoxy groups -OCH3 is 1. The summed E-state index contributed by atoms with van der Waals surface area (Å²) in [7, 11) is 1.65. The van der Waals surface area contributed by atoms with Crippen LogP contribution in [-0.2, 0) is 17.6 Å². The van der Waals surface area contributed by atoms with E-state index in [-0.39, 0.29) is 11.8 Å². The minimum Gasteiger partial charge on any atom is -0.497 e.